The minimum atomic E-state index is 0.615. The van der Waals surface area contributed by atoms with Gasteiger partial charge in [0.25, 0.3) is 0 Å². The lowest BCUT2D eigenvalue weighted by molar-refractivity contribution is 0.775. The van der Waals surface area contributed by atoms with Crippen molar-refractivity contribution >= 4 is 22.7 Å². The molecule has 0 saturated heterocycles. The molecule has 0 fully saturated rings. The van der Waals surface area contributed by atoms with Gasteiger partial charge in [0.05, 0.1) is 0 Å². The Balaban J connectivity index is 2.56. The first kappa shape index (κ1) is 12.5. The van der Waals surface area contributed by atoms with E-state index in [4.69, 9.17) is 5.73 Å². The fourth-order valence-electron chi connectivity index (χ4n) is 2.29. The van der Waals surface area contributed by atoms with E-state index in [1.54, 1.807) is 0 Å². The molecule has 1 aromatic heterocycles. The van der Waals surface area contributed by atoms with Crippen LogP contribution in [-0.2, 0) is 13.1 Å². The first-order chi connectivity index (χ1) is 8.19. The monoisotopic (exact) mass is 248 g/mol. The smallest absolute Gasteiger partial charge is 0.0485 e. The highest BCUT2D eigenvalue weighted by atomic mass is 32.2. The van der Waals surface area contributed by atoms with Gasteiger partial charge in [-0.15, -0.1) is 0 Å². The predicted molar refractivity (Wildman–Crippen MR) is 77.7 cm³/mol. The summed E-state index contributed by atoms with van der Waals surface area (Å²) >= 11 is 1.89. The zero-order valence-electron chi connectivity index (χ0n) is 10.8. The Morgan fingerprint density at radius 2 is 2.06 bits per heavy atom. The van der Waals surface area contributed by atoms with Crippen molar-refractivity contribution in [1.29, 1.82) is 0 Å². The molecule has 0 bridgehead atoms. The van der Waals surface area contributed by atoms with Gasteiger partial charge < -0.3 is 10.3 Å². The van der Waals surface area contributed by atoms with Crippen LogP contribution in [0.5, 0.6) is 0 Å². The second-order valence-electron chi connectivity index (χ2n) is 4.41. The molecule has 0 amide bonds. The molecule has 2 rings (SSSR count). The molecule has 2 N–H and O–H groups in total. The second kappa shape index (κ2) is 5.15. The Morgan fingerprint density at radius 3 is 2.71 bits per heavy atom. The van der Waals surface area contributed by atoms with E-state index in [2.05, 4.69) is 42.9 Å². The van der Waals surface area contributed by atoms with Crippen molar-refractivity contribution < 1.29 is 0 Å². The van der Waals surface area contributed by atoms with Gasteiger partial charge >= 0.3 is 0 Å². The van der Waals surface area contributed by atoms with E-state index < -0.39 is 0 Å². The number of hydrogen-bond acceptors (Lipinski definition) is 2. The molecule has 0 saturated carbocycles. The van der Waals surface area contributed by atoms with Gasteiger partial charge in [0.1, 0.15) is 0 Å². The third kappa shape index (κ3) is 2.22. The molecule has 17 heavy (non-hydrogen) atoms. The molecule has 0 unspecified atom stereocenters. The molecule has 0 aliphatic carbocycles. The zero-order valence-corrected chi connectivity index (χ0v) is 11.6. The van der Waals surface area contributed by atoms with Crippen LogP contribution < -0.4 is 5.73 Å². The number of thioether (sulfide) groups is 1. The number of nitrogens with zero attached hydrogens (tertiary/aromatic N) is 1. The zero-order chi connectivity index (χ0) is 12.4. The highest BCUT2D eigenvalue weighted by Gasteiger charge is 2.10. The third-order valence-corrected chi connectivity index (χ3v) is 4.05. The lowest BCUT2D eigenvalue weighted by Gasteiger charge is -2.07. The molecule has 0 spiro atoms. The maximum absolute atomic E-state index is 5.71. The van der Waals surface area contributed by atoms with Gasteiger partial charge in [-0.25, -0.2) is 0 Å². The van der Waals surface area contributed by atoms with Gasteiger partial charge in [0.2, 0.25) is 0 Å². The molecular formula is C14H20N2S. The van der Waals surface area contributed by atoms with Crippen molar-refractivity contribution in [3.8, 4) is 0 Å². The summed E-state index contributed by atoms with van der Waals surface area (Å²) in [7, 11) is 0. The van der Waals surface area contributed by atoms with Gasteiger partial charge in [0, 0.05) is 35.4 Å². The fraction of sp³-hybridized carbons (Fsp3) is 0.429. The highest BCUT2D eigenvalue weighted by Crippen LogP contribution is 2.26. The van der Waals surface area contributed by atoms with Gasteiger partial charge in [-0.2, -0.15) is 11.8 Å². The summed E-state index contributed by atoms with van der Waals surface area (Å²) in [5.74, 6) is 1.16. The van der Waals surface area contributed by atoms with Gasteiger partial charge in [-0.1, -0.05) is 6.07 Å². The predicted octanol–water partition coefficient (Wildman–Crippen LogP) is 3.08. The van der Waals surface area contributed by atoms with Crippen molar-refractivity contribution in [2.45, 2.75) is 26.9 Å². The quantitative estimate of drug-likeness (QED) is 0.901. The standard InChI is InChI=1S/C14H20N2S/c1-10-11(2)16(6-7-17-3)14-5-4-12(9-15)8-13(10)14/h4-5,8H,6-7,9,15H2,1-3H3. The summed E-state index contributed by atoms with van der Waals surface area (Å²) in [5, 5.41) is 1.35. The van der Waals surface area contributed by atoms with E-state index in [0.717, 1.165) is 12.3 Å². The topological polar surface area (TPSA) is 30.9 Å². The molecule has 2 nitrogen and oxygen atoms in total. The summed E-state index contributed by atoms with van der Waals surface area (Å²) in [4.78, 5) is 0. The second-order valence-corrected chi connectivity index (χ2v) is 5.40. The number of aromatic nitrogens is 1. The van der Waals surface area contributed by atoms with Gasteiger partial charge in [-0.05, 0) is 43.4 Å². The molecule has 1 heterocycles. The maximum atomic E-state index is 5.71. The largest absolute Gasteiger partial charge is 0.344 e. The van der Waals surface area contributed by atoms with Gasteiger partial charge in [-0.3, -0.25) is 0 Å². The number of fused-ring (bicyclic) bond motifs is 1. The molecule has 0 atom stereocenters. The number of benzene rings is 1. The van der Waals surface area contributed by atoms with Gasteiger partial charge in [0.15, 0.2) is 0 Å². The molecule has 2 aromatic rings. The summed E-state index contributed by atoms with van der Waals surface area (Å²) in [6.45, 7) is 6.11. The normalized spacial score (nSPS) is 11.3. The van der Waals surface area contributed by atoms with Crippen molar-refractivity contribution in [2.75, 3.05) is 12.0 Å². The average molecular weight is 248 g/mol. The minimum absolute atomic E-state index is 0.615. The summed E-state index contributed by atoms with van der Waals surface area (Å²) < 4.78 is 2.42. The van der Waals surface area contributed by atoms with E-state index in [1.807, 2.05) is 11.8 Å². The van der Waals surface area contributed by atoms with Crippen LogP contribution in [0.1, 0.15) is 16.8 Å². The van der Waals surface area contributed by atoms with E-state index in [0.29, 0.717) is 6.54 Å². The molecule has 0 aliphatic heterocycles. The summed E-state index contributed by atoms with van der Waals surface area (Å²) in [6.07, 6.45) is 2.15. The SMILES string of the molecule is CSCCn1c(C)c(C)c2cc(CN)ccc21. The van der Waals surface area contributed by atoms with Crippen LogP contribution in [0.25, 0.3) is 10.9 Å². The Morgan fingerprint density at radius 1 is 1.29 bits per heavy atom. The lowest BCUT2D eigenvalue weighted by atomic mass is 10.1. The van der Waals surface area contributed by atoms with Crippen LogP contribution in [0.2, 0.25) is 0 Å². The average Bonchev–Trinajstić information content (AvgIpc) is 2.60. The Labute approximate surface area is 107 Å². The van der Waals surface area contributed by atoms with E-state index in [9.17, 15) is 0 Å². The highest BCUT2D eigenvalue weighted by molar-refractivity contribution is 7.98. The van der Waals surface area contributed by atoms with E-state index >= 15 is 0 Å². The Hall–Kier alpha value is -0.930. The first-order valence-corrected chi connectivity index (χ1v) is 7.35. The number of hydrogen-bond donors (Lipinski definition) is 1. The molecule has 1 aromatic carbocycles. The maximum Gasteiger partial charge on any atom is 0.0485 e. The third-order valence-electron chi connectivity index (χ3n) is 3.46. The summed E-state index contributed by atoms with van der Waals surface area (Å²) in [5.41, 5.74) is 11.0. The minimum Gasteiger partial charge on any atom is -0.344 e. The van der Waals surface area contributed by atoms with E-state index in [-0.39, 0.29) is 0 Å². The Kier molecular flexibility index (Phi) is 3.79. The van der Waals surface area contributed by atoms with Crippen LogP contribution >= 0.6 is 11.8 Å². The lowest BCUT2D eigenvalue weighted by Crippen LogP contribution is -2.02. The van der Waals surface area contributed by atoms with Crippen molar-refractivity contribution in [2.24, 2.45) is 5.73 Å². The van der Waals surface area contributed by atoms with Crippen LogP contribution in [0.15, 0.2) is 18.2 Å². The molecule has 0 radical (unpaired) electrons. The van der Waals surface area contributed by atoms with Crippen LogP contribution in [0, 0.1) is 13.8 Å². The number of aryl methyl sites for hydroxylation is 2. The van der Waals surface area contributed by atoms with Crippen LogP contribution in [0.4, 0.5) is 0 Å². The van der Waals surface area contributed by atoms with E-state index in [1.165, 1.54) is 27.7 Å². The van der Waals surface area contributed by atoms with Crippen molar-refractivity contribution in [3.63, 3.8) is 0 Å². The molecule has 3 heteroatoms. The number of rotatable bonds is 4. The first-order valence-electron chi connectivity index (χ1n) is 5.96. The van der Waals surface area contributed by atoms with Crippen molar-refractivity contribution in [3.05, 3.63) is 35.0 Å². The fourth-order valence-corrected chi connectivity index (χ4v) is 2.66. The molecule has 0 aliphatic rings. The molecule has 92 valence electrons. The van der Waals surface area contributed by atoms with Crippen LogP contribution in [-0.4, -0.2) is 16.6 Å². The Bertz CT molecular complexity index is 528. The summed E-state index contributed by atoms with van der Waals surface area (Å²) in [6, 6.07) is 6.57. The van der Waals surface area contributed by atoms with Crippen LogP contribution in [0.3, 0.4) is 0 Å². The van der Waals surface area contributed by atoms with Crippen molar-refractivity contribution in [1.82, 2.24) is 4.57 Å². The molecular weight excluding hydrogens is 228 g/mol. The number of nitrogens with two attached hydrogens (primary N) is 1.